The first kappa shape index (κ1) is 19.2. The lowest BCUT2D eigenvalue weighted by molar-refractivity contribution is -0.117. The Morgan fingerprint density at radius 1 is 1.29 bits per heavy atom. The number of amides is 1. The summed E-state index contributed by atoms with van der Waals surface area (Å²) in [5, 5.41) is 6.73. The van der Waals surface area contributed by atoms with Gasteiger partial charge < -0.3 is 20.1 Å². The van der Waals surface area contributed by atoms with Gasteiger partial charge in [-0.1, -0.05) is 18.5 Å². The second kappa shape index (κ2) is 8.79. The van der Waals surface area contributed by atoms with E-state index in [1.54, 1.807) is 12.1 Å². The minimum Gasteiger partial charge on any atom is -0.486 e. The lowest BCUT2D eigenvalue weighted by Crippen LogP contribution is -2.32. The monoisotopic (exact) mass is 374 g/mol. The van der Waals surface area contributed by atoms with Crippen LogP contribution in [0.2, 0.25) is 5.02 Å². The molecule has 2 aliphatic heterocycles. The van der Waals surface area contributed by atoms with Crippen molar-refractivity contribution in [1.82, 2.24) is 5.32 Å². The normalized spacial score (nSPS) is 18.4. The van der Waals surface area contributed by atoms with Crippen LogP contribution in [0.4, 0.5) is 5.69 Å². The molecular formula is C17H24Cl2N2O3. The zero-order valence-corrected chi connectivity index (χ0v) is 15.3. The second-order valence-corrected chi connectivity index (χ2v) is 6.70. The molecule has 1 saturated heterocycles. The van der Waals surface area contributed by atoms with Crippen LogP contribution in [0.25, 0.3) is 0 Å². The van der Waals surface area contributed by atoms with E-state index in [-0.39, 0.29) is 18.3 Å². The smallest absolute Gasteiger partial charge is 0.224 e. The van der Waals surface area contributed by atoms with Gasteiger partial charge in [-0.3, -0.25) is 4.79 Å². The van der Waals surface area contributed by atoms with Gasteiger partial charge in [-0.05, 0) is 37.8 Å². The maximum absolute atomic E-state index is 12.3. The van der Waals surface area contributed by atoms with Crippen LogP contribution in [-0.2, 0) is 4.79 Å². The average Bonchev–Trinajstić information content (AvgIpc) is 2.56. The van der Waals surface area contributed by atoms with E-state index < -0.39 is 0 Å². The quantitative estimate of drug-likeness (QED) is 0.846. The Kier molecular flexibility index (Phi) is 7.02. The van der Waals surface area contributed by atoms with Crippen molar-refractivity contribution < 1.29 is 14.3 Å². The van der Waals surface area contributed by atoms with Gasteiger partial charge in [0.05, 0.1) is 10.7 Å². The van der Waals surface area contributed by atoms with Crippen LogP contribution in [-0.4, -0.2) is 32.2 Å². The van der Waals surface area contributed by atoms with Crippen molar-refractivity contribution in [2.75, 3.05) is 31.6 Å². The van der Waals surface area contributed by atoms with E-state index in [9.17, 15) is 4.79 Å². The zero-order chi connectivity index (χ0) is 16.2. The van der Waals surface area contributed by atoms with Crippen LogP contribution < -0.4 is 20.1 Å². The molecule has 1 aromatic rings. The molecule has 1 fully saturated rings. The molecule has 3 rings (SSSR count). The Balaban J connectivity index is 0.00000208. The highest BCUT2D eigenvalue weighted by Crippen LogP contribution is 2.38. The van der Waals surface area contributed by atoms with Gasteiger partial charge in [0.25, 0.3) is 0 Å². The average molecular weight is 375 g/mol. The van der Waals surface area contributed by atoms with E-state index in [4.69, 9.17) is 21.1 Å². The van der Waals surface area contributed by atoms with Gasteiger partial charge in [0.1, 0.15) is 13.2 Å². The Morgan fingerprint density at radius 3 is 2.58 bits per heavy atom. The highest BCUT2D eigenvalue weighted by molar-refractivity contribution is 6.34. The standard InChI is InChI=1S/C17H23ClN2O3.ClH/c1-11(12-2-4-19-5-3-12)8-17(21)20-14-10-16-15(9-13(14)18)22-6-7-23-16;/h9-12,19H,2-8H2,1H3,(H,20,21);1H. The molecule has 0 saturated carbocycles. The third kappa shape index (κ3) is 4.68. The number of ether oxygens (including phenoxy) is 2. The Hall–Kier alpha value is -1.17. The highest BCUT2D eigenvalue weighted by Gasteiger charge is 2.23. The second-order valence-electron chi connectivity index (χ2n) is 6.29. The number of carbonyl (C=O) groups is 1. The molecule has 1 unspecified atom stereocenters. The first-order valence-electron chi connectivity index (χ1n) is 8.23. The van der Waals surface area contributed by atoms with Crippen molar-refractivity contribution in [3.8, 4) is 11.5 Å². The zero-order valence-electron chi connectivity index (χ0n) is 13.8. The molecule has 24 heavy (non-hydrogen) atoms. The van der Waals surface area contributed by atoms with Crippen molar-refractivity contribution >= 4 is 35.6 Å². The van der Waals surface area contributed by atoms with Crippen molar-refractivity contribution in [3.05, 3.63) is 17.2 Å². The van der Waals surface area contributed by atoms with Crippen LogP contribution in [0, 0.1) is 11.8 Å². The molecule has 0 radical (unpaired) electrons. The van der Waals surface area contributed by atoms with Crippen LogP contribution in [0.5, 0.6) is 11.5 Å². The lowest BCUT2D eigenvalue weighted by atomic mass is 9.84. The van der Waals surface area contributed by atoms with E-state index in [0.29, 0.717) is 53.7 Å². The van der Waals surface area contributed by atoms with Crippen molar-refractivity contribution in [1.29, 1.82) is 0 Å². The van der Waals surface area contributed by atoms with Gasteiger partial charge in [0, 0.05) is 18.6 Å². The largest absolute Gasteiger partial charge is 0.486 e. The SMILES string of the molecule is CC(CC(=O)Nc1cc2c(cc1Cl)OCCO2)C1CCNCC1.Cl. The van der Waals surface area contributed by atoms with Gasteiger partial charge in [0.2, 0.25) is 5.91 Å². The molecule has 134 valence electrons. The molecular weight excluding hydrogens is 351 g/mol. The topological polar surface area (TPSA) is 59.6 Å². The van der Waals surface area contributed by atoms with Crippen molar-refractivity contribution in [3.63, 3.8) is 0 Å². The van der Waals surface area contributed by atoms with Crippen LogP contribution in [0.3, 0.4) is 0 Å². The molecule has 1 amide bonds. The molecule has 2 N–H and O–H groups in total. The molecule has 7 heteroatoms. The predicted octanol–water partition coefficient (Wildman–Crippen LogP) is 3.50. The third-order valence-electron chi connectivity index (χ3n) is 4.60. The van der Waals surface area contributed by atoms with Gasteiger partial charge in [-0.15, -0.1) is 12.4 Å². The summed E-state index contributed by atoms with van der Waals surface area (Å²) in [6.45, 7) is 5.27. The molecule has 0 bridgehead atoms. The number of hydrogen-bond acceptors (Lipinski definition) is 4. The van der Waals surface area contributed by atoms with Gasteiger partial charge in [-0.25, -0.2) is 0 Å². The Bertz CT molecular complexity index is 577. The van der Waals surface area contributed by atoms with Crippen LogP contribution in [0.1, 0.15) is 26.2 Å². The summed E-state index contributed by atoms with van der Waals surface area (Å²) in [5.74, 6) is 2.23. The summed E-state index contributed by atoms with van der Waals surface area (Å²) in [5.41, 5.74) is 0.582. The number of nitrogens with one attached hydrogen (secondary N) is 2. The maximum atomic E-state index is 12.3. The lowest BCUT2D eigenvalue weighted by Gasteiger charge is -2.28. The fraction of sp³-hybridized carbons (Fsp3) is 0.588. The molecule has 2 aliphatic rings. The van der Waals surface area contributed by atoms with E-state index >= 15 is 0 Å². The molecule has 0 aliphatic carbocycles. The van der Waals surface area contributed by atoms with Crippen molar-refractivity contribution in [2.24, 2.45) is 11.8 Å². The summed E-state index contributed by atoms with van der Waals surface area (Å²) in [7, 11) is 0. The highest BCUT2D eigenvalue weighted by atomic mass is 35.5. The molecule has 0 aromatic heterocycles. The van der Waals surface area contributed by atoms with Gasteiger partial charge in [-0.2, -0.15) is 0 Å². The van der Waals surface area contributed by atoms with Gasteiger partial charge >= 0.3 is 0 Å². The number of benzene rings is 1. The Morgan fingerprint density at radius 2 is 1.92 bits per heavy atom. The summed E-state index contributed by atoms with van der Waals surface area (Å²) < 4.78 is 11.0. The number of fused-ring (bicyclic) bond motifs is 1. The van der Waals surface area contributed by atoms with E-state index in [1.807, 2.05) is 0 Å². The fourth-order valence-corrected chi connectivity index (χ4v) is 3.43. The fourth-order valence-electron chi connectivity index (χ4n) is 3.23. The molecule has 2 heterocycles. The molecule has 1 aromatic carbocycles. The maximum Gasteiger partial charge on any atom is 0.224 e. The number of rotatable bonds is 4. The number of halogens is 2. The van der Waals surface area contributed by atoms with Crippen LogP contribution >= 0.6 is 24.0 Å². The molecule has 1 atom stereocenters. The minimum absolute atomic E-state index is 0. The third-order valence-corrected chi connectivity index (χ3v) is 4.91. The first-order valence-corrected chi connectivity index (χ1v) is 8.61. The van der Waals surface area contributed by atoms with Gasteiger partial charge in [0.15, 0.2) is 11.5 Å². The summed E-state index contributed by atoms with van der Waals surface area (Å²) >= 11 is 6.23. The Labute approximate surface area is 153 Å². The number of piperidine rings is 1. The van der Waals surface area contributed by atoms with E-state index in [2.05, 4.69) is 17.6 Å². The number of hydrogen-bond donors (Lipinski definition) is 2. The summed E-state index contributed by atoms with van der Waals surface area (Å²) in [6, 6.07) is 3.44. The molecule has 5 nitrogen and oxygen atoms in total. The van der Waals surface area contributed by atoms with Crippen molar-refractivity contribution in [2.45, 2.75) is 26.2 Å². The van der Waals surface area contributed by atoms with Crippen LogP contribution in [0.15, 0.2) is 12.1 Å². The van der Waals surface area contributed by atoms with E-state index in [1.165, 1.54) is 0 Å². The summed E-state index contributed by atoms with van der Waals surface area (Å²) in [6.07, 6.45) is 2.79. The molecule has 0 spiro atoms. The summed E-state index contributed by atoms with van der Waals surface area (Å²) in [4.78, 5) is 12.3. The minimum atomic E-state index is -0.00499. The predicted molar refractivity (Wildman–Crippen MR) is 97.7 cm³/mol. The number of anilines is 1. The van der Waals surface area contributed by atoms with E-state index in [0.717, 1.165) is 25.9 Å². The number of carbonyl (C=O) groups excluding carboxylic acids is 1. The first-order chi connectivity index (χ1) is 11.1.